The fraction of sp³-hybridized carbons (Fsp3) is 0.231. The molecule has 2 heterocycles. The van der Waals surface area contributed by atoms with Gasteiger partial charge in [0.2, 0.25) is 0 Å². The van der Waals surface area contributed by atoms with Crippen LogP contribution in [0.25, 0.3) is 6.08 Å². The Bertz CT molecular complexity index is 1170. The lowest BCUT2D eigenvalue weighted by atomic mass is 9.89. The summed E-state index contributed by atoms with van der Waals surface area (Å²) in [6.07, 6.45) is 2.33. The Balaban J connectivity index is 1.61. The van der Waals surface area contributed by atoms with E-state index in [1.807, 2.05) is 74.7 Å². The maximum absolute atomic E-state index is 13.4. The lowest BCUT2D eigenvalue weighted by Crippen LogP contribution is -2.43. The van der Waals surface area contributed by atoms with Crippen molar-refractivity contribution < 1.29 is 14.3 Å². The minimum absolute atomic E-state index is 0.209. The number of hydrogen-bond donors (Lipinski definition) is 2. The van der Waals surface area contributed by atoms with Gasteiger partial charge in [-0.2, -0.15) is 0 Å². The second-order valence-electron chi connectivity index (χ2n) is 8.53. The SMILES string of the molecule is Cc1cccc(C(=O)N/C(=C\c2cccs2)C(=O)N[C@@H]2CC(C)(C)Oc3ccccc32)c1. The van der Waals surface area contributed by atoms with Crippen LogP contribution in [0.4, 0.5) is 0 Å². The van der Waals surface area contributed by atoms with Gasteiger partial charge in [-0.25, -0.2) is 0 Å². The third-order valence-electron chi connectivity index (χ3n) is 5.28. The third kappa shape index (κ3) is 5.08. The number of thiophene rings is 1. The van der Waals surface area contributed by atoms with Crippen molar-refractivity contribution >= 4 is 29.2 Å². The average Bonchev–Trinajstić information content (AvgIpc) is 3.25. The van der Waals surface area contributed by atoms with E-state index in [1.165, 1.54) is 11.3 Å². The molecule has 2 aromatic carbocycles. The van der Waals surface area contributed by atoms with E-state index >= 15 is 0 Å². The fourth-order valence-corrected chi connectivity index (χ4v) is 4.48. The van der Waals surface area contributed by atoms with Gasteiger partial charge in [-0.15, -0.1) is 11.3 Å². The van der Waals surface area contributed by atoms with Crippen LogP contribution in [0.1, 0.15) is 52.7 Å². The quantitative estimate of drug-likeness (QED) is 0.526. The smallest absolute Gasteiger partial charge is 0.268 e. The fourth-order valence-electron chi connectivity index (χ4n) is 3.82. The van der Waals surface area contributed by atoms with E-state index in [0.717, 1.165) is 21.8 Å². The molecule has 5 nitrogen and oxygen atoms in total. The molecule has 164 valence electrons. The molecule has 32 heavy (non-hydrogen) atoms. The lowest BCUT2D eigenvalue weighted by Gasteiger charge is -2.38. The number of ether oxygens (including phenoxy) is 1. The number of carbonyl (C=O) groups is 2. The number of nitrogens with one attached hydrogen (secondary N) is 2. The molecule has 1 aromatic heterocycles. The highest BCUT2D eigenvalue weighted by Crippen LogP contribution is 2.39. The van der Waals surface area contributed by atoms with Crippen molar-refractivity contribution in [2.75, 3.05) is 0 Å². The predicted octanol–water partition coefficient (Wildman–Crippen LogP) is 5.25. The lowest BCUT2D eigenvalue weighted by molar-refractivity contribution is -0.119. The highest BCUT2D eigenvalue weighted by atomic mass is 32.1. The summed E-state index contributed by atoms with van der Waals surface area (Å²) in [5, 5.41) is 7.86. The molecule has 1 atom stereocenters. The van der Waals surface area contributed by atoms with E-state index < -0.39 is 5.60 Å². The Morgan fingerprint density at radius 1 is 1.09 bits per heavy atom. The average molecular weight is 447 g/mol. The summed E-state index contributed by atoms with van der Waals surface area (Å²) in [5.74, 6) is 0.109. The molecular weight excluding hydrogens is 420 g/mol. The van der Waals surface area contributed by atoms with Crippen molar-refractivity contribution in [2.45, 2.75) is 38.8 Å². The molecule has 6 heteroatoms. The van der Waals surface area contributed by atoms with Crippen LogP contribution < -0.4 is 15.4 Å². The zero-order valence-corrected chi connectivity index (χ0v) is 19.2. The van der Waals surface area contributed by atoms with Crippen molar-refractivity contribution in [3.05, 3.63) is 93.3 Å². The summed E-state index contributed by atoms with van der Waals surface area (Å²) in [5.41, 5.74) is 2.20. The standard InChI is InChI=1S/C26H26N2O3S/c1-17-8-6-9-18(14-17)24(29)27-21(15-19-10-7-13-32-19)25(30)28-22-16-26(2,3)31-23-12-5-4-11-20(22)23/h4-15,22H,16H2,1-3H3,(H,27,29)(H,28,30)/b21-15-/t22-/m1/s1. The second kappa shape index (κ2) is 9.01. The summed E-state index contributed by atoms with van der Waals surface area (Å²) < 4.78 is 6.08. The monoisotopic (exact) mass is 446 g/mol. The molecule has 2 amide bonds. The molecule has 3 aromatic rings. The number of aryl methyl sites for hydroxylation is 1. The van der Waals surface area contributed by atoms with E-state index in [1.54, 1.807) is 18.2 Å². The van der Waals surface area contributed by atoms with Gasteiger partial charge >= 0.3 is 0 Å². The van der Waals surface area contributed by atoms with Gasteiger partial charge < -0.3 is 15.4 Å². The predicted molar refractivity (Wildman–Crippen MR) is 128 cm³/mol. The van der Waals surface area contributed by atoms with Gasteiger partial charge in [-0.1, -0.05) is 42.0 Å². The highest BCUT2D eigenvalue weighted by molar-refractivity contribution is 7.10. The molecule has 0 spiro atoms. The van der Waals surface area contributed by atoms with Crippen molar-refractivity contribution in [3.63, 3.8) is 0 Å². The Morgan fingerprint density at radius 2 is 1.91 bits per heavy atom. The minimum Gasteiger partial charge on any atom is -0.487 e. The van der Waals surface area contributed by atoms with Gasteiger partial charge in [-0.05, 0) is 56.5 Å². The molecule has 1 aliphatic rings. The Morgan fingerprint density at radius 3 is 2.66 bits per heavy atom. The number of fused-ring (bicyclic) bond motifs is 1. The van der Waals surface area contributed by atoms with Crippen LogP contribution in [-0.2, 0) is 4.79 Å². The molecule has 2 N–H and O–H groups in total. The molecule has 1 aliphatic heterocycles. The maximum Gasteiger partial charge on any atom is 0.268 e. The Labute approximate surface area is 192 Å². The molecule has 0 saturated carbocycles. The Hall–Kier alpha value is -3.38. The molecule has 0 radical (unpaired) electrons. The minimum atomic E-state index is -0.422. The first-order valence-corrected chi connectivity index (χ1v) is 11.4. The van der Waals surface area contributed by atoms with Gasteiger partial charge in [-0.3, -0.25) is 9.59 Å². The van der Waals surface area contributed by atoms with Gasteiger partial charge in [0.25, 0.3) is 11.8 Å². The van der Waals surface area contributed by atoms with Crippen molar-refractivity contribution in [2.24, 2.45) is 0 Å². The summed E-state index contributed by atoms with van der Waals surface area (Å²) in [4.78, 5) is 27.1. The molecule has 0 unspecified atom stereocenters. The summed E-state index contributed by atoms with van der Waals surface area (Å²) in [6, 6.07) is 18.6. The highest BCUT2D eigenvalue weighted by Gasteiger charge is 2.34. The normalized spacial score (nSPS) is 17.1. The van der Waals surface area contributed by atoms with Crippen molar-refractivity contribution in [1.82, 2.24) is 10.6 Å². The van der Waals surface area contributed by atoms with Gasteiger partial charge in [0, 0.05) is 22.4 Å². The van der Waals surface area contributed by atoms with Crippen LogP contribution >= 0.6 is 11.3 Å². The van der Waals surface area contributed by atoms with Crippen LogP contribution in [0.5, 0.6) is 5.75 Å². The molecular formula is C26H26N2O3S. The van der Waals surface area contributed by atoms with Gasteiger partial charge in [0.1, 0.15) is 17.0 Å². The number of amides is 2. The van der Waals surface area contributed by atoms with Crippen molar-refractivity contribution in [1.29, 1.82) is 0 Å². The number of hydrogen-bond acceptors (Lipinski definition) is 4. The largest absolute Gasteiger partial charge is 0.487 e. The Kier molecular flexibility index (Phi) is 6.15. The number of para-hydroxylation sites is 1. The van der Waals surface area contributed by atoms with Crippen molar-refractivity contribution in [3.8, 4) is 5.75 Å². The maximum atomic E-state index is 13.4. The zero-order chi connectivity index (χ0) is 22.7. The molecule has 0 fully saturated rings. The molecule has 0 bridgehead atoms. The number of benzene rings is 2. The molecule has 4 rings (SSSR count). The first-order valence-electron chi connectivity index (χ1n) is 10.5. The summed E-state index contributed by atoms with van der Waals surface area (Å²) in [6.45, 7) is 5.93. The number of rotatable bonds is 5. The van der Waals surface area contributed by atoms with Crippen LogP contribution in [0.3, 0.4) is 0 Å². The zero-order valence-electron chi connectivity index (χ0n) is 18.3. The third-order valence-corrected chi connectivity index (χ3v) is 6.10. The van der Waals surface area contributed by atoms with Gasteiger partial charge in [0.15, 0.2) is 0 Å². The van der Waals surface area contributed by atoms with E-state index in [-0.39, 0.29) is 23.6 Å². The summed E-state index contributed by atoms with van der Waals surface area (Å²) in [7, 11) is 0. The van der Waals surface area contributed by atoms with Crippen LogP contribution in [0, 0.1) is 6.92 Å². The van der Waals surface area contributed by atoms with E-state index in [2.05, 4.69) is 10.6 Å². The van der Waals surface area contributed by atoms with Gasteiger partial charge in [0.05, 0.1) is 6.04 Å². The molecule has 0 saturated heterocycles. The first-order chi connectivity index (χ1) is 15.3. The van der Waals surface area contributed by atoms with E-state index in [4.69, 9.17) is 4.74 Å². The van der Waals surface area contributed by atoms with E-state index in [0.29, 0.717) is 12.0 Å². The second-order valence-corrected chi connectivity index (χ2v) is 9.51. The van der Waals surface area contributed by atoms with Crippen LogP contribution in [0.2, 0.25) is 0 Å². The van der Waals surface area contributed by atoms with Crippen LogP contribution in [-0.4, -0.2) is 17.4 Å². The van der Waals surface area contributed by atoms with Crippen LogP contribution in [0.15, 0.2) is 71.7 Å². The number of carbonyl (C=O) groups excluding carboxylic acids is 2. The first kappa shape index (κ1) is 21.8. The summed E-state index contributed by atoms with van der Waals surface area (Å²) >= 11 is 1.50. The molecule has 0 aliphatic carbocycles. The van der Waals surface area contributed by atoms with E-state index in [9.17, 15) is 9.59 Å². The topological polar surface area (TPSA) is 67.4 Å².